The van der Waals surface area contributed by atoms with Crippen LogP contribution in [-0.2, 0) is 0 Å². The molecule has 36 heavy (non-hydrogen) atoms. The van der Waals surface area contributed by atoms with Crippen molar-refractivity contribution in [3.63, 3.8) is 0 Å². The van der Waals surface area contributed by atoms with Gasteiger partial charge in [-0.05, 0) is 102 Å². The molecular weight excluding hydrogens is 466 g/mol. The van der Waals surface area contributed by atoms with Gasteiger partial charge in [-0.3, -0.25) is 4.90 Å². The molecule has 1 atom stereocenters. The van der Waals surface area contributed by atoms with E-state index in [2.05, 4.69) is 47.6 Å². The molecule has 186 valence electrons. The molecule has 0 amide bonds. The SMILES string of the molecule is CSC(c1ccc(OCCN2CCCCC2)cc1)c1c(-c2ccc(O)cc2)ccc2cc(O)ccc12. The van der Waals surface area contributed by atoms with Gasteiger partial charge in [-0.15, -0.1) is 0 Å². The van der Waals surface area contributed by atoms with Gasteiger partial charge in [0.15, 0.2) is 0 Å². The van der Waals surface area contributed by atoms with E-state index >= 15 is 0 Å². The summed E-state index contributed by atoms with van der Waals surface area (Å²) in [6.07, 6.45) is 6.07. The Morgan fingerprint density at radius 2 is 1.56 bits per heavy atom. The number of nitrogens with zero attached hydrogens (tertiary/aromatic N) is 1. The standard InChI is InChI=1S/C31H33NO3S/c1-36-31(23-7-13-27(14-8-23)35-20-19-32-17-3-2-4-18-32)30-28(22-5-10-25(33)11-6-22)15-9-24-21-26(34)12-16-29(24)30/h5-16,21,31,33-34H,2-4,17-20H2,1H3. The Balaban J connectivity index is 1.45. The molecule has 1 aliphatic heterocycles. The first-order valence-corrected chi connectivity index (χ1v) is 13.9. The van der Waals surface area contributed by atoms with E-state index in [0.29, 0.717) is 6.61 Å². The van der Waals surface area contributed by atoms with Crippen LogP contribution in [0.2, 0.25) is 0 Å². The lowest BCUT2D eigenvalue weighted by Crippen LogP contribution is -2.33. The van der Waals surface area contributed by atoms with Crippen molar-refractivity contribution in [2.45, 2.75) is 24.5 Å². The average molecular weight is 500 g/mol. The minimum absolute atomic E-state index is 0.0874. The number of hydrogen-bond acceptors (Lipinski definition) is 5. The van der Waals surface area contributed by atoms with Gasteiger partial charge in [0.1, 0.15) is 23.9 Å². The van der Waals surface area contributed by atoms with Crippen molar-refractivity contribution < 1.29 is 14.9 Å². The topological polar surface area (TPSA) is 52.9 Å². The van der Waals surface area contributed by atoms with E-state index in [1.807, 2.05) is 24.3 Å². The van der Waals surface area contributed by atoms with Crippen LogP contribution in [0.3, 0.4) is 0 Å². The number of rotatable bonds is 8. The zero-order valence-corrected chi connectivity index (χ0v) is 21.5. The number of thioether (sulfide) groups is 1. The van der Waals surface area contributed by atoms with Gasteiger partial charge in [0, 0.05) is 6.54 Å². The molecule has 0 aromatic heterocycles. The fraction of sp³-hybridized carbons (Fsp3) is 0.290. The summed E-state index contributed by atoms with van der Waals surface area (Å²) in [6.45, 7) is 4.06. The molecule has 0 saturated carbocycles. The Bertz CT molecular complexity index is 1300. The molecule has 1 saturated heterocycles. The molecule has 4 aromatic carbocycles. The van der Waals surface area contributed by atoms with Crippen molar-refractivity contribution in [3.05, 3.63) is 90.0 Å². The highest BCUT2D eigenvalue weighted by Crippen LogP contribution is 2.44. The molecule has 2 N–H and O–H groups in total. The molecule has 0 spiro atoms. The second-order valence-electron chi connectivity index (χ2n) is 9.41. The number of benzene rings is 4. The maximum Gasteiger partial charge on any atom is 0.119 e. The van der Waals surface area contributed by atoms with Crippen LogP contribution in [0.25, 0.3) is 21.9 Å². The summed E-state index contributed by atoms with van der Waals surface area (Å²) in [5.41, 5.74) is 4.57. The number of ether oxygens (including phenoxy) is 1. The number of hydrogen-bond donors (Lipinski definition) is 2. The fourth-order valence-electron chi connectivity index (χ4n) is 5.15. The zero-order chi connectivity index (χ0) is 24.9. The van der Waals surface area contributed by atoms with Crippen LogP contribution >= 0.6 is 11.8 Å². The Labute approximate surface area is 217 Å². The molecule has 4 nitrogen and oxygen atoms in total. The van der Waals surface area contributed by atoms with Gasteiger partial charge >= 0.3 is 0 Å². The van der Waals surface area contributed by atoms with E-state index in [-0.39, 0.29) is 16.7 Å². The lowest BCUT2D eigenvalue weighted by atomic mass is 9.89. The van der Waals surface area contributed by atoms with Crippen molar-refractivity contribution in [2.24, 2.45) is 0 Å². The summed E-state index contributed by atoms with van der Waals surface area (Å²) < 4.78 is 6.07. The minimum Gasteiger partial charge on any atom is -0.508 e. The number of aromatic hydroxyl groups is 2. The number of phenolic OH excluding ortho intramolecular Hbond substituents is 2. The van der Waals surface area contributed by atoms with Gasteiger partial charge < -0.3 is 14.9 Å². The quantitative estimate of drug-likeness (QED) is 0.268. The lowest BCUT2D eigenvalue weighted by Gasteiger charge is -2.26. The molecule has 1 unspecified atom stereocenters. The first-order valence-electron chi connectivity index (χ1n) is 12.7. The smallest absolute Gasteiger partial charge is 0.119 e. The molecular formula is C31H33NO3S. The van der Waals surface area contributed by atoms with E-state index in [9.17, 15) is 10.2 Å². The monoisotopic (exact) mass is 499 g/mol. The summed E-state index contributed by atoms with van der Waals surface area (Å²) in [6, 6.07) is 25.6. The van der Waals surface area contributed by atoms with E-state index in [1.54, 1.807) is 30.0 Å². The van der Waals surface area contributed by atoms with Crippen molar-refractivity contribution in [1.29, 1.82) is 0 Å². The van der Waals surface area contributed by atoms with Crippen LogP contribution in [0.1, 0.15) is 35.6 Å². The van der Waals surface area contributed by atoms with Crippen molar-refractivity contribution in [2.75, 3.05) is 32.5 Å². The first-order chi connectivity index (χ1) is 17.6. The van der Waals surface area contributed by atoms with Gasteiger partial charge in [-0.2, -0.15) is 11.8 Å². The minimum atomic E-state index is 0.0874. The van der Waals surface area contributed by atoms with Crippen LogP contribution < -0.4 is 4.74 Å². The van der Waals surface area contributed by atoms with Crippen molar-refractivity contribution in [3.8, 4) is 28.4 Å². The molecule has 1 aliphatic rings. The van der Waals surface area contributed by atoms with Crippen molar-refractivity contribution >= 4 is 22.5 Å². The number of phenols is 2. The fourth-order valence-corrected chi connectivity index (χ4v) is 6.07. The molecule has 0 aliphatic carbocycles. The van der Waals surface area contributed by atoms with E-state index in [4.69, 9.17) is 4.74 Å². The Hall–Kier alpha value is -3.15. The average Bonchev–Trinajstić information content (AvgIpc) is 2.91. The third-order valence-corrected chi connectivity index (χ3v) is 8.01. The molecule has 4 aromatic rings. The normalized spacial score (nSPS) is 15.1. The molecule has 1 heterocycles. The van der Waals surface area contributed by atoms with Gasteiger partial charge in [0.2, 0.25) is 0 Å². The van der Waals surface area contributed by atoms with Gasteiger partial charge in [-0.1, -0.05) is 48.9 Å². The largest absolute Gasteiger partial charge is 0.508 e. The Morgan fingerprint density at radius 1 is 0.833 bits per heavy atom. The maximum atomic E-state index is 10.1. The molecule has 5 rings (SSSR count). The predicted octanol–water partition coefficient (Wildman–Crippen LogP) is 7.24. The maximum absolute atomic E-state index is 10.1. The molecule has 5 heteroatoms. The number of likely N-dealkylation sites (tertiary alicyclic amines) is 1. The van der Waals surface area contributed by atoms with Crippen LogP contribution in [0.5, 0.6) is 17.2 Å². The van der Waals surface area contributed by atoms with E-state index < -0.39 is 0 Å². The number of piperidine rings is 1. The second kappa shape index (κ2) is 11.3. The zero-order valence-electron chi connectivity index (χ0n) is 20.7. The summed E-state index contributed by atoms with van der Waals surface area (Å²) in [5, 5.41) is 22.1. The van der Waals surface area contributed by atoms with Crippen LogP contribution in [0.15, 0.2) is 78.9 Å². The molecule has 0 radical (unpaired) electrons. The highest BCUT2D eigenvalue weighted by molar-refractivity contribution is 7.99. The van der Waals surface area contributed by atoms with E-state index in [1.165, 1.54) is 43.5 Å². The molecule has 1 fully saturated rings. The highest BCUT2D eigenvalue weighted by Gasteiger charge is 2.21. The highest BCUT2D eigenvalue weighted by atomic mass is 32.2. The predicted molar refractivity (Wildman–Crippen MR) is 150 cm³/mol. The summed E-state index contributed by atoms with van der Waals surface area (Å²) in [4.78, 5) is 2.49. The lowest BCUT2D eigenvalue weighted by molar-refractivity contribution is 0.183. The van der Waals surface area contributed by atoms with Gasteiger partial charge in [-0.25, -0.2) is 0 Å². The van der Waals surface area contributed by atoms with Crippen LogP contribution in [0.4, 0.5) is 0 Å². The third-order valence-electron chi connectivity index (χ3n) is 7.03. The van der Waals surface area contributed by atoms with E-state index in [0.717, 1.165) is 34.2 Å². The summed E-state index contributed by atoms with van der Waals surface area (Å²) >= 11 is 1.79. The third kappa shape index (κ3) is 5.48. The van der Waals surface area contributed by atoms with Crippen molar-refractivity contribution in [1.82, 2.24) is 4.90 Å². The summed E-state index contributed by atoms with van der Waals surface area (Å²) in [7, 11) is 0. The number of fused-ring (bicyclic) bond motifs is 1. The molecule has 0 bridgehead atoms. The van der Waals surface area contributed by atoms with Gasteiger partial charge in [0.05, 0.1) is 5.25 Å². The summed E-state index contributed by atoms with van der Waals surface area (Å²) in [5.74, 6) is 1.41. The second-order valence-corrected chi connectivity index (χ2v) is 10.4. The Kier molecular flexibility index (Phi) is 7.69. The van der Waals surface area contributed by atoms with Gasteiger partial charge in [0.25, 0.3) is 0 Å². The van der Waals surface area contributed by atoms with Crippen LogP contribution in [0, 0.1) is 0 Å². The van der Waals surface area contributed by atoms with Crippen LogP contribution in [-0.4, -0.2) is 47.6 Å². The Morgan fingerprint density at radius 3 is 2.28 bits per heavy atom. The first kappa shape index (κ1) is 24.5.